The van der Waals surface area contributed by atoms with Crippen LogP contribution in [0.25, 0.3) is 0 Å². The molecule has 0 aliphatic rings. The fraction of sp³-hybridized carbons (Fsp3) is 1.00. The summed E-state index contributed by atoms with van der Waals surface area (Å²) < 4.78 is 0. The molecule has 0 aliphatic heterocycles. The molecular formula is C4H14N2Na2O2. The zero-order chi connectivity index (χ0) is 6.41. The minimum atomic E-state index is -1.26. The summed E-state index contributed by atoms with van der Waals surface area (Å²) in [5.41, 5.74) is 5.09. The molecule has 10 heavy (non-hydrogen) atoms. The second kappa shape index (κ2) is 13.4. The van der Waals surface area contributed by atoms with Gasteiger partial charge in [0.25, 0.3) is 0 Å². The monoisotopic (exact) mass is 168 g/mol. The van der Waals surface area contributed by atoms with Crippen LogP contribution in [0.1, 0.15) is 0 Å². The summed E-state index contributed by atoms with van der Waals surface area (Å²) in [6, 6.07) is 0. The summed E-state index contributed by atoms with van der Waals surface area (Å²) in [4.78, 5) is 0. The van der Waals surface area contributed by atoms with Crippen molar-refractivity contribution >= 4 is 59.1 Å². The van der Waals surface area contributed by atoms with E-state index in [2.05, 4.69) is 5.32 Å². The van der Waals surface area contributed by atoms with Gasteiger partial charge in [0.2, 0.25) is 0 Å². The molecule has 0 spiro atoms. The van der Waals surface area contributed by atoms with Crippen molar-refractivity contribution in [2.75, 3.05) is 19.6 Å². The molecule has 0 unspecified atom stereocenters. The van der Waals surface area contributed by atoms with Gasteiger partial charge in [-0.25, -0.2) is 0 Å². The standard InChI is InChI=1S/C4H12N2O2.2Na.2H/c5-1-2-6-3-4(7)8;;;;/h4,6-8H,1-3,5H2;;;;. The SMILES string of the molecule is NCCNCC(O)O.[NaH].[NaH]. The summed E-state index contributed by atoms with van der Waals surface area (Å²) in [7, 11) is 0. The molecule has 0 aromatic carbocycles. The second-order valence-electron chi connectivity index (χ2n) is 1.47. The molecule has 0 bridgehead atoms. The molecule has 0 aliphatic carbocycles. The molecule has 0 fully saturated rings. The molecule has 0 heterocycles. The average Bonchev–Trinajstić information content (AvgIpc) is 1.66. The predicted octanol–water partition coefficient (Wildman–Crippen LogP) is -3.45. The molecule has 0 rings (SSSR count). The van der Waals surface area contributed by atoms with Gasteiger partial charge in [0.05, 0.1) is 0 Å². The molecule has 5 N–H and O–H groups in total. The van der Waals surface area contributed by atoms with Gasteiger partial charge < -0.3 is 21.3 Å². The number of rotatable bonds is 4. The van der Waals surface area contributed by atoms with Crippen LogP contribution in [0.4, 0.5) is 0 Å². The number of aliphatic hydroxyl groups is 2. The van der Waals surface area contributed by atoms with Gasteiger partial charge in [0.1, 0.15) is 0 Å². The predicted molar refractivity (Wildman–Crippen MR) is 44.4 cm³/mol. The molecule has 0 saturated heterocycles. The van der Waals surface area contributed by atoms with Gasteiger partial charge in [0, 0.05) is 19.6 Å². The third kappa shape index (κ3) is 16.4. The van der Waals surface area contributed by atoms with Crippen LogP contribution in [0.3, 0.4) is 0 Å². The van der Waals surface area contributed by atoms with Crippen LogP contribution >= 0.6 is 0 Å². The number of aliphatic hydroxyl groups excluding tert-OH is 1. The number of hydrogen-bond acceptors (Lipinski definition) is 4. The van der Waals surface area contributed by atoms with Gasteiger partial charge in [0.15, 0.2) is 6.29 Å². The number of hydrogen-bond donors (Lipinski definition) is 4. The maximum atomic E-state index is 8.23. The molecule has 6 heteroatoms. The molecule has 0 radical (unpaired) electrons. The number of nitrogens with two attached hydrogens (primary N) is 1. The minimum absolute atomic E-state index is 0. The van der Waals surface area contributed by atoms with E-state index in [-0.39, 0.29) is 65.7 Å². The Hall–Kier alpha value is 1.84. The zero-order valence-electron chi connectivity index (χ0n) is 4.67. The van der Waals surface area contributed by atoms with Crippen LogP contribution in [0.2, 0.25) is 0 Å². The third-order valence-corrected chi connectivity index (χ3v) is 0.648. The first-order valence-corrected chi connectivity index (χ1v) is 2.54. The van der Waals surface area contributed by atoms with Crippen LogP contribution in [0.5, 0.6) is 0 Å². The van der Waals surface area contributed by atoms with Crippen molar-refractivity contribution in [2.24, 2.45) is 5.73 Å². The van der Waals surface area contributed by atoms with Crippen molar-refractivity contribution < 1.29 is 10.2 Å². The van der Waals surface area contributed by atoms with E-state index < -0.39 is 6.29 Å². The Morgan fingerprint density at radius 3 is 2.10 bits per heavy atom. The summed E-state index contributed by atoms with van der Waals surface area (Å²) >= 11 is 0. The van der Waals surface area contributed by atoms with Crippen molar-refractivity contribution in [3.05, 3.63) is 0 Å². The first-order valence-electron chi connectivity index (χ1n) is 2.54. The van der Waals surface area contributed by atoms with E-state index in [0.29, 0.717) is 13.1 Å². The van der Waals surface area contributed by atoms with Gasteiger partial charge in [-0.3, -0.25) is 0 Å². The van der Waals surface area contributed by atoms with Gasteiger partial charge in [-0.2, -0.15) is 0 Å². The molecule has 0 aromatic heterocycles. The first kappa shape index (κ1) is 17.8. The van der Waals surface area contributed by atoms with E-state index in [9.17, 15) is 0 Å². The Labute approximate surface area is 105 Å². The molecule has 4 nitrogen and oxygen atoms in total. The van der Waals surface area contributed by atoms with Crippen LogP contribution in [-0.4, -0.2) is 95.3 Å². The molecule has 0 saturated carbocycles. The molecular weight excluding hydrogens is 154 g/mol. The quantitative estimate of drug-likeness (QED) is 0.200. The molecule has 54 valence electrons. The zero-order valence-corrected chi connectivity index (χ0v) is 4.67. The van der Waals surface area contributed by atoms with E-state index in [0.717, 1.165) is 0 Å². The molecule has 0 amide bonds. The Morgan fingerprint density at radius 1 is 1.30 bits per heavy atom. The number of nitrogens with one attached hydrogen (secondary N) is 1. The summed E-state index contributed by atoms with van der Waals surface area (Å²) in [5, 5.41) is 19.2. The van der Waals surface area contributed by atoms with Gasteiger partial charge >= 0.3 is 59.1 Å². The van der Waals surface area contributed by atoms with Crippen LogP contribution in [0.15, 0.2) is 0 Å². The normalized spacial score (nSPS) is 8.40. The van der Waals surface area contributed by atoms with Crippen molar-refractivity contribution in [1.29, 1.82) is 0 Å². The van der Waals surface area contributed by atoms with Crippen molar-refractivity contribution in [3.8, 4) is 0 Å². The summed E-state index contributed by atoms with van der Waals surface area (Å²) in [6.45, 7) is 1.33. The van der Waals surface area contributed by atoms with Gasteiger partial charge in [-0.05, 0) is 0 Å². The van der Waals surface area contributed by atoms with Crippen molar-refractivity contribution in [3.63, 3.8) is 0 Å². The Kier molecular flexibility index (Phi) is 23.9. The second-order valence-corrected chi connectivity index (χ2v) is 1.47. The van der Waals surface area contributed by atoms with Crippen LogP contribution < -0.4 is 11.1 Å². The van der Waals surface area contributed by atoms with Gasteiger partial charge in [-0.15, -0.1) is 0 Å². The van der Waals surface area contributed by atoms with E-state index in [1.54, 1.807) is 0 Å². The maximum absolute atomic E-state index is 8.23. The van der Waals surface area contributed by atoms with Gasteiger partial charge in [-0.1, -0.05) is 0 Å². The van der Waals surface area contributed by atoms with Crippen LogP contribution in [0, 0.1) is 0 Å². The average molecular weight is 168 g/mol. The molecule has 0 aromatic rings. The van der Waals surface area contributed by atoms with E-state index in [1.165, 1.54) is 0 Å². The topological polar surface area (TPSA) is 78.5 Å². The van der Waals surface area contributed by atoms with E-state index >= 15 is 0 Å². The van der Waals surface area contributed by atoms with Crippen molar-refractivity contribution in [2.45, 2.75) is 6.29 Å². The fourth-order valence-corrected chi connectivity index (χ4v) is 0.333. The third-order valence-electron chi connectivity index (χ3n) is 0.648. The Balaban J connectivity index is -0.000000245. The summed E-state index contributed by atoms with van der Waals surface area (Å²) in [6.07, 6.45) is -1.26. The van der Waals surface area contributed by atoms with Crippen molar-refractivity contribution in [1.82, 2.24) is 5.32 Å². The molecule has 0 atom stereocenters. The summed E-state index contributed by atoms with van der Waals surface area (Å²) in [5.74, 6) is 0. The van der Waals surface area contributed by atoms with Crippen LogP contribution in [-0.2, 0) is 0 Å². The first-order chi connectivity index (χ1) is 3.77. The fourth-order valence-electron chi connectivity index (χ4n) is 0.333. The van der Waals surface area contributed by atoms with E-state index in [1.807, 2.05) is 0 Å². The Bertz CT molecular complexity index is 56.5. The Morgan fingerprint density at radius 2 is 1.80 bits per heavy atom. The van der Waals surface area contributed by atoms with E-state index in [4.69, 9.17) is 15.9 Å².